The molecule has 1 unspecified atom stereocenters. The standard InChI is InChI=1S/C25H31ClN8O5S/c1-31(2)40(36,37)34-10-9-32(23-15-22(26)29-25(30-23)33-8-7-27-17-33)16-19(34)14-24(35)28-6-5-18-3-4-20-21(13-18)39-12-11-38-20/h3-4,7-8,13,15,17,19H,5-6,9-12,14,16H2,1-2H3,(H,28,35). The lowest BCUT2D eigenvalue weighted by molar-refractivity contribution is -0.121. The third-order valence-corrected chi connectivity index (χ3v) is 8.87. The molecule has 0 radical (unpaired) electrons. The lowest BCUT2D eigenvalue weighted by Crippen LogP contribution is -2.58. The smallest absolute Gasteiger partial charge is 0.281 e. The highest BCUT2D eigenvalue weighted by Crippen LogP contribution is 2.31. The van der Waals surface area contributed by atoms with E-state index in [1.807, 2.05) is 23.1 Å². The van der Waals surface area contributed by atoms with Crippen molar-refractivity contribution in [3.8, 4) is 17.4 Å². The van der Waals surface area contributed by atoms with Gasteiger partial charge in [0.25, 0.3) is 10.2 Å². The van der Waals surface area contributed by atoms with Gasteiger partial charge < -0.3 is 19.7 Å². The molecule has 0 bridgehead atoms. The second-order valence-corrected chi connectivity index (χ2v) is 12.1. The van der Waals surface area contributed by atoms with Crippen LogP contribution < -0.4 is 19.7 Å². The molecule has 0 spiro atoms. The summed E-state index contributed by atoms with van der Waals surface area (Å²) in [6.07, 6.45) is 5.45. The summed E-state index contributed by atoms with van der Waals surface area (Å²) < 4.78 is 41.6. The number of ether oxygens (including phenoxy) is 2. The van der Waals surface area contributed by atoms with Crippen LogP contribution in [-0.4, -0.2) is 102 Å². The molecule has 5 rings (SSSR count). The highest BCUT2D eigenvalue weighted by Gasteiger charge is 2.38. The second-order valence-electron chi connectivity index (χ2n) is 9.60. The number of aromatic nitrogens is 4. The number of halogens is 1. The maximum Gasteiger partial charge on any atom is 0.281 e. The zero-order chi connectivity index (χ0) is 28.3. The molecular weight excluding hydrogens is 560 g/mol. The molecule has 3 aromatic rings. The van der Waals surface area contributed by atoms with E-state index in [1.54, 1.807) is 29.4 Å². The summed E-state index contributed by atoms with van der Waals surface area (Å²) in [5, 5.41) is 3.17. The van der Waals surface area contributed by atoms with E-state index in [0.717, 1.165) is 9.87 Å². The Bertz CT molecular complexity index is 1450. The summed E-state index contributed by atoms with van der Waals surface area (Å²) in [7, 11) is -0.802. The Morgan fingerprint density at radius 3 is 2.70 bits per heavy atom. The fraction of sp³-hybridized carbons (Fsp3) is 0.440. The van der Waals surface area contributed by atoms with E-state index in [4.69, 9.17) is 21.1 Å². The molecule has 2 aliphatic heterocycles. The second kappa shape index (κ2) is 12.0. The van der Waals surface area contributed by atoms with Crippen LogP contribution in [0.3, 0.4) is 0 Å². The highest BCUT2D eigenvalue weighted by molar-refractivity contribution is 7.86. The van der Waals surface area contributed by atoms with Crippen LogP contribution in [0, 0.1) is 0 Å². The largest absolute Gasteiger partial charge is 0.486 e. The Labute approximate surface area is 237 Å². The molecule has 2 aliphatic rings. The molecule has 1 fully saturated rings. The van der Waals surface area contributed by atoms with Crippen molar-refractivity contribution < 1.29 is 22.7 Å². The Balaban J connectivity index is 1.27. The average Bonchev–Trinajstić information content (AvgIpc) is 3.48. The first kappa shape index (κ1) is 28.1. The number of nitrogens with zero attached hydrogens (tertiary/aromatic N) is 7. The zero-order valence-electron chi connectivity index (χ0n) is 22.2. The van der Waals surface area contributed by atoms with Gasteiger partial charge in [-0.25, -0.2) is 9.97 Å². The maximum absolute atomic E-state index is 13.1. The topological polar surface area (TPSA) is 135 Å². The van der Waals surface area contributed by atoms with Gasteiger partial charge in [-0.3, -0.25) is 9.36 Å². The highest BCUT2D eigenvalue weighted by atomic mass is 35.5. The predicted molar refractivity (Wildman–Crippen MR) is 148 cm³/mol. The Morgan fingerprint density at radius 1 is 1.15 bits per heavy atom. The number of rotatable bonds is 9. The van der Waals surface area contributed by atoms with Crippen LogP contribution >= 0.6 is 11.6 Å². The number of hydrogen-bond acceptors (Lipinski definition) is 9. The van der Waals surface area contributed by atoms with Gasteiger partial charge in [0.2, 0.25) is 11.9 Å². The number of nitrogens with one attached hydrogen (secondary N) is 1. The number of amides is 1. The van der Waals surface area contributed by atoms with Crippen LogP contribution in [0.15, 0.2) is 43.0 Å². The molecule has 2 aromatic heterocycles. The molecule has 1 amide bonds. The molecule has 0 aliphatic carbocycles. The number of anilines is 1. The summed E-state index contributed by atoms with van der Waals surface area (Å²) in [6, 6.07) is 6.72. The van der Waals surface area contributed by atoms with Crippen LogP contribution in [0.25, 0.3) is 5.95 Å². The monoisotopic (exact) mass is 590 g/mol. The maximum atomic E-state index is 13.1. The number of fused-ring (bicyclic) bond motifs is 1. The van der Waals surface area contributed by atoms with Gasteiger partial charge in [0.15, 0.2) is 11.5 Å². The SMILES string of the molecule is CN(C)S(=O)(=O)N1CCN(c2cc(Cl)nc(-n3ccnc3)n2)CC1CC(=O)NCCc1ccc2c(c1)OCCO2. The van der Waals surface area contributed by atoms with E-state index in [9.17, 15) is 13.2 Å². The van der Waals surface area contributed by atoms with Crippen LogP contribution in [0.4, 0.5) is 5.82 Å². The summed E-state index contributed by atoms with van der Waals surface area (Å²) >= 11 is 6.29. The number of benzene rings is 1. The van der Waals surface area contributed by atoms with Gasteiger partial charge in [-0.2, -0.15) is 22.0 Å². The first-order valence-electron chi connectivity index (χ1n) is 12.8. The van der Waals surface area contributed by atoms with Crippen molar-refractivity contribution in [1.29, 1.82) is 0 Å². The summed E-state index contributed by atoms with van der Waals surface area (Å²) in [6.45, 7) is 2.22. The molecule has 1 N–H and O–H groups in total. The van der Waals surface area contributed by atoms with Gasteiger partial charge in [0, 0.05) is 65.2 Å². The third-order valence-electron chi connectivity index (χ3n) is 6.68. The lowest BCUT2D eigenvalue weighted by atomic mass is 10.1. The van der Waals surface area contributed by atoms with Crippen molar-refractivity contribution in [2.75, 3.05) is 58.4 Å². The normalized spacial score (nSPS) is 17.7. The molecular formula is C25H31ClN8O5S. The minimum Gasteiger partial charge on any atom is -0.486 e. The summed E-state index contributed by atoms with van der Waals surface area (Å²) in [4.78, 5) is 27.8. The quantitative estimate of drug-likeness (QED) is 0.364. The number of carbonyl (C=O) groups is 1. The fourth-order valence-electron chi connectivity index (χ4n) is 4.65. The number of carbonyl (C=O) groups excluding carboxylic acids is 1. The van der Waals surface area contributed by atoms with Gasteiger partial charge in [0.1, 0.15) is 30.5 Å². The van der Waals surface area contributed by atoms with E-state index in [0.29, 0.717) is 56.0 Å². The van der Waals surface area contributed by atoms with Crippen LogP contribution in [0.5, 0.6) is 11.5 Å². The first-order valence-corrected chi connectivity index (χ1v) is 14.6. The van der Waals surface area contributed by atoms with Gasteiger partial charge in [-0.05, 0) is 24.1 Å². The van der Waals surface area contributed by atoms with Crippen molar-refractivity contribution in [2.24, 2.45) is 0 Å². The molecule has 1 atom stereocenters. The third kappa shape index (κ3) is 6.30. The summed E-state index contributed by atoms with van der Waals surface area (Å²) in [5.41, 5.74) is 1.000. The fourth-order valence-corrected chi connectivity index (χ4v) is 6.07. The minimum absolute atomic E-state index is 0.0160. The zero-order valence-corrected chi connectivity index (χ0v) is 23.8. The molecule has 1 saturated heterocycles. The molecule has 40 heavy (non-hydrogen) atoms. The van der Waals surface area contributed by atoms with Crippen LogP contribution in [-0.2, 0) is 21.4 Å². The van der Waals surface area contributed by atoms with Crippen LogP contribution in [0.1, 0.15) is 12.0 Å². The van der Waals surface area contributed by atoms with Gasteiger partial charge >= 0.3 is 0 Å². The van der Waals surface area contributed by atoms with Crippen LogP contribution in [0.2, 0.25) is 5.15 Å². The van der Waals surface area contributed by atoms with Crippen molar-refractivity contribution in [3.63, 3.8) is 0 Å². The number of hydrogen-bond donors (Lipinski definition) is 1. The molecule has 4 heterocycles. The van der Waals surface area contributed by atoms with Crippen molar-refractivity contribution in [2.45, 2.75) is 18.9 Å². The molecule has 214 valence electrons. The minimum atomic E-state index is -3.76. The summed E-state index contributed by atoms with van der Waals surface area (Å²) in [5.74, 6) is 2.04. The van der Waals surface area contributed by atoms with Gasteiger partial charge in [-0.1, -0.05) is 17.7 Å². The first-order chi connectivity index (χ1) is 19.2. The molecule has 15 heteroatoms. The predicted octanol–water partition coefficient (Wildman–Crippen LogP) is 1.13. The van der Waals surface area contributed by atoms with Crippen molar-refractivity contribution >= 4 is 33.5 Å². The van der Waals surface area contributed by atoms with E-state index < -0.39 is 16.3 Å². The average molecular weight is 591 g/mol. The molecule has 1 aromatic carbocycles. The lowest BCUT2D eigenvalue weighted by Gasteiger charge is -2.41. The molecule has 0 saturated carbocycles. The Hall–Kier alpha value is -3.46. The number of imidazole rings is 1. The van der Waals surface area contributed by atoms with Gasteiger partial charge in [-0.15, -0.1) is 0 Å². The van der Waals surface area contributed by atoms with E-state index in [2.05, 4.69) is 20.3 Å². The van der Waals surface area contributed by atoms with Crippen molar-refractivity contribution in [1.82, 2.24) is 33.4 Å². The number of piperazine rings is 1. The van der Waals surface area contributed by atoms with E-state index >= 15 is 0 Å². The van der Waals surface area contributed by atoms with E-state index in [1.165, 1.54) is 18.4 Å². The Morgan fingerprint density at radius 2 is 1.95 bits per heavy atom. The molecule has 13 nitrogen and oxygen atoms in total. The van der Waals surface area contributed by atoms with Crippen molar-refractivity contribution in [3.05, 3.63) is 53.7 Å². The van der Waals surface area contributed by atoms with E-state index in [-0.39, 0.29) is 30.6 Å². The Kier molecular flexibility index (Phi) is 8.40. The van der Waals surface area contributed by atoms with Gasteiger partial charge in [0.05, 0.1) is 6.04 Å².